The van der Waals surface area contributed by atoms with Crippen molar-refractivity contribution in [3.63, 3.8) is 0 Å². The number of nitrogens with one attached hydrogen (secondary N) is 1. The summed E-state index contributed by atoms with van der Waals surface area (Å²) in [7, 11) is 1.75. The minimum absolute atomic E-state index is 0.252. The minimum Gasteiger partial charge on any atom is -0.338 e. The van der Waals surface area contributed by atoms with Gasteiger partial charge in [-0.05, 0) is 6.07 Å². The number of hydrogen-bond acceptors (Lipinski definition) is 5. The molecule has 2 aromatic heterocycles. The van der Waals surface area contributed by atoms with Crippen LogP contribution in [-0.4, -0.2) is 20.8 Å². The summed E-state index contributed by atoms with van der Waals surface area (Å²) in [6.07, 6.45) is 0. The van der Waals surface area contributed by atoms with Crippen LogP contribution in [0.1, 0.15) is 21.7 Å². The molecule has 4 rings (SSSR count). The highest BCUT2D eigenvalue weighted by molar-refractivity contribution is 7.98. The van der Waals surface area contributed by atoms with Crippen molar-refractivity contribution in [1.29, 1.82) is 0 Å². The van der Waals surface area contributed by atoms with Crippen molar-refractivity contribution in [2.24, 2.45) is 7.05 Å². The van der Waals surface area contributed by atoms with Crippen molar-refractivity contribution in [2.75, 3.05) is 5.32 Å². The highest BCUT2D eigenvalue weighted by Crippen LogP contribution is 2.34. The normalized spacial score (nSPS) is 13.1. The number of thioether (sulfide) groups is 1. The van der Waals surface area contributed by atoms with Gasteiger partial charge in [-0.3, -0.25) is 14.8 Å². The molecule has 3 heterocycles. The van der Waals surface area contributed by atoms with E-state index in [1.165, 1.54) is 0 Å². The molecule has 1 N–H and O–H groups in total. The van der Waals surface area contributed by atoms with Gasteiger partial charge in [0.2, 0.25) is 5.88 Å². The number of nitrogens with zero attached hydrogens (tertiary/aromatic N) is 3. The van der Waals surface area contributed by atoms with Crippen molar-refractivity contribution in [3.05, 3.63) is 53.3 Å². The number of hydrogen-bond donors (Lipinski definition) is 1. The molecule has 0 spiro atoms. The fourth-order valence-corrected chi connectivity index (χ4v) is 3.57. The molecule has 0 aliphatic carbocycles. The lowest BCUT2D eigenvalue weighted by Crippen LogP contribution is -2.16. The van der Waals surface area contributed by atoms with E-state index in [0.717, 1.165) is 34.0 Å². The van der Waals surface area contributed by atoms with Crippen LogP contribution in [0.15, 0.2) is 40.9 Å². The molecule has 116 valence electrons. The lowest BCUT2D eigenvalue weighted by atomic mass is 10.1. The molecule has 3 aromatic rings. The van der Waals surface area contributed by atoms with Crippen LogP contribution in [-0.2, 0) is 18.6 Å². The van der Waals surface area contributed by atoms with Crippen LogP contribution in [0.25, 0.3) is 11.3 Å². The Morgan fingerprint density at radius 2 is 2.13 bits per heavy atom. The summed E-state index contributed by atoms with van der Waals surface area (Å²) in [4.78, 5) is 12.5. The van der Waals surface area contributed by atoms with Gasteiger partial charge in [-0.15, -0.1) is 0 Å². The highest BCUT2D eigenvalue weighted by atomic mass is 32.2. The van der Waals surface area contributed by atoms with E-state index in [2.05, 4.69) is 15.6 Å². The second-order valence-corrected chi connectivity index (χ2v) is 6.27. The zero-order valence-electron chi connectivity index (χ0n) is 12.4. The molecule has 6 nitrogen and oxygen atoms in total. The fourth-order valence-electron chi connectivity index (χ4n) is 2.55. The number of fused-ring (bicyclic) bond motifs is 1. The van der Waals surface area contributed by atoms with E-state index in [1.54, 1.807) is 29.6 Å². The molecule has 23 heavy (non-hydrogen) atoms. The molecule has 0 saturated carbocycles. The number of amides is 1. The van der Waals surface area contributed by atoms with Crippen LogP contribution in [0.5, 0.6) is 0 Å². The van der Waals surface area contributed by atoms with Gasteiger partial charge in [0.15, 0.2) is 0 Å². The van der Waals surface area contributed by atoms with Crippen molar-refractivity contribution in [1.82, 2.24) is 14.9 Å². The van der Waals surface area contributed by atoms with Gasteiger partial charge >= 0.3 is 0 Å². The number of carbonyl (C=O) groups excluding carboxylic acids is 1. The van der Waals surface area contributed by atoms with Gasteiger partial charge in [0.1, 0.15) is 5.69 Å². The van der Waals surface area contributed by atoms with Gasteiger partial charge in [0.25, 0.3) is 5.91 Å². The average Bonchev–Trinajstić information content (AvgIpc) is 3.25. The number of anilines is 1. The molecular weight excluding hydrogens is 312 g/mol. The highest BCUT2D eigenvalue weighted by Gasteiger charge is 2.24. The molecule has 0 atom stereocenters. The van der Waals surface area contributed by atoms with Gasteiger partial charge in [0, 0.05) is 24.1 Å². The number of aromatic nitrogens is 3. The average molecular weight is 326 g/mol. The summed E-state index contributed by atoms with van der Waals surface area (Å²) < 4.78 is 6.81. The molecule has 1 aromatic carbocycles. The maximum absolute atomic E-state index is 12.5. The number of rotatable bonds is 3. The van der Waals surface area contributed by atoms with Gasteiger partial charge in [-0.25, -0.2) is 0 Å². The molecule has 1 aliphatic rings. The third-order valence-electron chi connectivity index (χ3n) is 3.76. The van der Waals surface area contributed by atoms with Gasteiger partial charge in [0.05, 0.1) is 17.0 Å². The van der Waals surface area contributed by atoms with Crippen LogP contribution in [0.4, 0.5) is 5.88 Å². The quantitative estimate of drug-likeness (QED) is 0.801. The van der Waals surface area contributed by atoms with E-state index >= 15 is 0 Å². The summed E-state index contributed by atoms with van der Waals surface area (Å²) in [5.74, 6) is 1.84. The zero-order valence-corrected chi connectivity index (χ0v) is 13.3. The SMILES string of the molecule is Cn1nc(-c2ccccc2)cc1C(=O)Nc1onc2c1CSC2. The molecular formula is C16H14N4O2S. The van der Waals surface area contributed by atoms with E-state index in [4.69, 9.17) is 4.52 Å². The first-order valence-corrected chi connectivity index (χ1v) is 8.34. The van der Waals surface area contributed by atoms with Crippen molar-refractivity contribution in [2.45, 2.75) is 11.5 Å². The molecule has 0 saturated heterocycles. The van der Waals surface area contributed by atoms with Gasteiger partial charge < -0.3 is 4.52 Å². The molecule has 0 radical (unpaired) electrons. The minimum atomic E-state index is -0.252. The van der Waals surface area contributed by atoms with Crippen LogP contribution < -0.4 is 5.32 Å². The second kappa shape index (κ2) is 5.58. The Bertz CT molecular complexity index is 870. The first kappa shape index (κ1) is 14.1. The smallest absolute Gasteiger partial charge is 0.276 e. The summed E-state index contributed by atoms with van der Waals surface area (Å²) in [5.41, 5.74) is 4.10. The molecule has 1 amide bonds. The predicted molar refractivity (Wildman–Crippen MR) is 88.1 cm³/mol. The number of carbonyl (C=O) groups is 1. The van der Waals surface area contributed by atoms with Gasteiger partial charge in [-0.2, -0.15) is 16.9 Å². The summed E-state index contributed by atoms with van der Waals surface area (Å²) in [5, 5.41) is 11.2. The number of benzene rings is 1. The first-order chi connectivity index (χ1) is 11.2. The Morgan fingerprint density at radius 1 is 1.30 bits per heavy atom. The number of aryl methyl sites for hydroxylation is 1. The zero-order chi connectivity index (χ0) is 15.8. The summed E-state index contributed by atoms with van der Waals surface area (Å²) in [6, 6.07) is 11.5. The van der Waals surface area contributed by atoms with Gasteiger partial charge in [-0.1, -0.05) is 35.5 Å². The predicted octanol–water partition coefficient (Wildman–Crippen LogP) is 3.07. The first-order valence-electron chi connectivity index (χ1n) is 7.18. The van der Waals surface area contributed by atoms with E-state index in [-0.39, 0.29) is 5.91 Å². The van der Waals surface area contributed by atoms with E-state index in [9.17, 15) is 4.79 Å². The maximum atomic E-state index is 12.5. The third-order valence-corrected chi connectivity index (χ3v) is 4.73. The Balaban J connectivity index is 1.60. The monoisotopic (exact) mass is 326 g/mol. The van der Waals surface area contributed by atoms with E-state index in [0.29, 0.717) is 11.6 Å². The Hall–Kier alpha value is -2.54. The van der Waals surface area contributed by atoms with Crippen LogP contribution in [0.2, 0.25) is 0 Å². The fraction of sp³-hybridized carbons (Fsp3) is 0.188. The van der Waals surface area contributed by atoms with Crippen LogP contribution in [0, 0.1) is 0 Å². The summed E-state index contributed by atoms with van der Waals surface area (Å²) in [6.45, 7) is 0. The summed E-state index contributed by atoms with van der Waals surface area (Å²) >= 11 is 1.76. The topological polar surface area (TPSA) is 73.0 Å². The van der Waals surface area contributed by atoms with E-state index < -0.39 is 0 Å². The van der Waals surface area contributed by atoms with Crippen molar-refractivity contribution < 1.29 is 9.32 Å². The van der Waals surface area contributed by atoms with Crippen molar-refractivity contribution in [3.8, 4) is 11.3 Å². The van der Waals surface area contributed by atoms with Crippen molar-refractivity contribution >= 4 is 23.6 Å². The third kappa shape index (κ3) is 2.53. The second-order valence-electron chi connectivity index (χ2n) is 5.29. The molecule has 0 bridgehead atoms. The largest absolute Gasteiger partial charge is 0.338 e. The standard InChI is InChI=1S/C16H14N4O2S/c1-20-14(7-12(18-20)10-5-3-2-4-6-10)15(21)17-16-11-8-23-9-13(11)19-22-16/h2-7H,8-9H2,1H3,(H,17,21). The molecule has 0 unspecified atom stereocenters. The molecule has 7 heteroatoms. The van der Waals surface area contributed by atoms with Crippen LogP contribution in [0.3, 0.4) is 0 Å². The van der Waals surface area contributed by atoms with E-state index in [1.807, 2.05) is 30.3 Å². The molecule has 1 aliphatic heterocycles. The van der Waals surface area contributed by atoms with Crippen LogP contribution >= 0.6 is 11.8 Å². The lowest BCUT2D eigenvalue weighted by Gasteiger charge is -2.02. The lowest BCUT2D eigenvalue weighted by molar-refractivity contribution is 0.101. The Kier molecular flexibility index (Phi) is 3.42. The Labute approximate surface area is 136 Å². The Morgan fingerprint density at radius 3 is 2.96 bits per heavy atom. The maximum Gasteiger partial charge on any atom is 0.276 e. The molecule has 0 fully saturated rings.